The summed E-state index contributed by atoms with van der Waals surface area (Å²) in [5.41, 5.74) is 2.65. The van der Waals surface area contributed by atoms with Crippen molar-refractivity contribution in [1.82, 2.24) is 15.6 Å². The van der Waals surface area contributed by atoms with Crippen LogP contribution in [0.25, 0.3) is 0 Å². The number of urea groups is 1. The fourth-order valence-electron chi connectivity index (χ4n) is 1.54. The highest BCUT2D eigenvalue weighted by Crippen LogP contribution is 2.07. The van der Waals surface area contributed by atoms with Gasteiger partial charge in [-0.25, -0.2) is 14.6 Å². The Labute approximate surface area is 116 Å². The number of amides is 2. The standard InChI is InChI=1S/C12H19N3O3S/c1-3-8(2)10(11(16)17)15-12(18)13-5-4-9-6-19-7-14-9/h6-8,10H,3-5H2,1-2H3,(H,16,17)(H2,13,15,18)/t8-,10-/m0/s1. The Bertz CT molecular complexity index is 408. The molecule has 3 N–H and O–H groups in total. The molecule has 7 heteroatoms. The van der Waals surface area contributed by atoms with Gasteiger partial charge in [-0.05, 0) is 5.92 Å². The molecule has 1 aromatic heterocycles. The van der Waals surface area contributed by atoms with Crippen LogP contribution in [0.3, 0.4) is 0 Å². The Morgan fingerprint density at radius 3 is 2.79 bits per heavy atom. The van der Waals surface area contributed by atoms with Gasteiger partial charge in [0.15, 0.2) is 0 Å². The second kappa shape index (κ2) is 7.73. The molecule has 0 spiro atoms. The zero-order valence-corrected chi connectivity index (χ0v) is 11.9. The number of carbonyl (C=O) groups excluding carboxylic acids is 1. The minimum atomic E-state index is -1.01. The summed E-state index contributed by atoms with van der Waals surface area (Å²) in [4.78, 5) is 26.7. The molecular weight excluding hydrogens is 266 g/mol. The molecule has 0 aromatic carbocycles. The van der Waals surface area contributed by atoms with Crippen molar-refractivity contribution in [3.05, 3.63) is 16.6 Å². The van der Waals surface area contributed by atoms with Crippen molar-refractivity contribution < 1.29 is 14.7 Å². The Kier molecular flexibility index (Phi) is 6.27. The van der Waals surface area contributed by atoms with Gasteiger partial charge in [0.05, 0.1) is 11.2 Å². The van der Waals surface area contributed by atoms with Crippen LogP contribution in [0.2, 0.25) is 0 Å². The number of aromatic nitrogens is 1. The van der Waals surface area contributed by atoms with E-state index in [4.69, 9.17) is 5.11 Å². The summed E-state index contributed by atoms with van der Waals surface area (Å²) in [6, 6.07) is -1.31. The second-order valence-corrected chi connectivity index (χ2v) is 5.05. The topological polar surface area (TPSA) is 91.3 Å². The third-order valence-electron chi connectivity index (χ3n) is 2.92. The van der Waals surface area contributed by atoms with Crippen molar-refractivity contribution in [2.24, 2.45) is 5.92 Å². The Morgan fingerprint density at radius 1 is 1.53 bits per heavy atom. The molecule has 106 valence electrons. The van der Waals surface area contributed by atoms with Crippen LogP contribution in [0.1, 0.15) is 26.0 Å². The molecule has 0 fully saturated rings. The summed E-state index contributed by atoms with van der Waals surface area (Å²) in [6.07, 6.45) is 1.33. The van der Waals surface area contributed by atoms with Gasteiger partial charge >= 0.3 is 12.0 Å². The Balaban J connectivity index is 2.34. The molecule has 0 aliphatic heterocycles. The van der Waals surface area contributed by atoms with Crippen molar-refractivity contribution in [3.63, 3.8) is 0 Å². The summed E-state index contributed by atoms with van der Waals surface area (Å²) in [7, 11) is 0. The van der Waals surface area contributed by atoms with E-state index < -0.39 is 18.0 Å². The molecule has 1 heterocycles. The number of carbonyl (C=O) groups is 2. The van der Waals surface area contributed by atoms with Crippen LogP contribution in [0, 0.1) is 5.92 Å². The van der Waals surface area contributed by atoms with Crippen molar-refractivity contribution >= 4 is 23.3 Å². The first-order valence-corrected chi connectivity index (χ1v) is 7.13. The molecule has 2 amide bonds. The van der Waals surface area contributed by atoms with Crippen LogP contribution in [0.15, 0.2) is 10.9 Å². The normalized spacial score (nSPS) is 13.6. The number of thiazole rings is 1. The third kappa shape index (κ3) is 5.25. The van der Waals surface area contributed by atoms with E-state index in [0.717, 1.165) is 5.69 Å². The highest BCUT2D eigenvalue weighted by Gasteiger charge is 2.24. The molecule has 0 saturated carbocycles. The van der Waals surface area contributed by atoms with E-state index in [9.17, 15) is 9.59 Å². The highest BCUT2D eigenvalue weighted by atomic mass is 32.1. The average molecular weight is 285 g/mol. The molecule has 0 unspecified atom stereocenters. The lowest BCUT2D eigenvalue weighted by Crippen LogP contribution is -2.49. The maximum absolute atomic E-state index is 11.6. The zero-order chi connectivity index (χ0) is 14.3. The van der Waals surface area contributed by atoms with Crippen LogP contribution in [-0.2, 0) is 11.2 Å². The lowest BCUT2D eigenvalue weighted by atomic mass is 9.99. The van der Waals surface area contributed by atoms with E-state index in [1.807, 2.05) is 12.3 Å². The fraction of sp³-hybridized carbons (Fsp3) is 0.583. The van der Waals surface area contributed by atoms with E-state index in [1.165, 1.54) is 11.3 Å². The number of nitrogens with zero attached hydrogens (tertiary/aromatic N) is 1. The lowest BCUT2D eigenvalue weighted by Gasteiger charge is -2.20. The van der Waals surface area contributed by atoms with Gasteiger partial charge in [0, 0.05) is 18.3 Å². The summed E-state index contributed by atoms with van der Waals surface area (Å²) in [5.74, 6) is -1.12. The van der Waals surface area contributed by atoms with Gasteiger partial charge in [-0.2, -0.15) is 0 Å². The Morgan fingerprint density at radius 2 is 2.26 bits per heavy atom. The van der Waals surface area contributed by atoms with Gasteiger partial charge in [0.1, 0.15) is 6.04 Å². The van der Waals surface area contributed by atoms with Crippen molar-refractivity contribution in [3.8, 4) is 0 Å². The molecule has 0 saturated heterocycles. The van der Waals surface area contributed by atoms with E-state index in [0.29, 0.717) is 19.4 Å². The van der Waals surface area contributed by atoms with Crippen LogP contribution in [-0.4, -0.2) is 34.7 Å². The van der Waals surface area contributed by atoms with Crippen molar-refractivity contribution in [2.75, 3.05) is 6.54 Å². The van der Waals surface area contributed by atoms with E-state index >= 15 is 0 Å². The predicted octanol–water partition coefficient (Wildman–Crippen LogP) is 1.48. The monoisotopic (exact) mass is 285 g/mol. The van der Waals surface area contributed by atoms with Gasteiger partial charge < -0.3 is 15.7 Å². The molecule has 1 rings (SSSR count). The number of nitrogens with one attached hydrogen (secondary N) is 2. The molecule has 19 heavy (non-hydrogen) atoms. The number of hydrogen-bond donors (Lipinski definition) is 3. The quantitative estimate of drug-likeness (QED) is 0.707. The van der Waals surface area contributed by atoms with Crippen LogP contribution in [0.4, 0.5) is 4.79 Å². The fourth-order valence-corrected chi connectivity index (χ4v) is 2.13. The SMILES string of the molecule is CC[C@H](C)[C@H](NC(=O)NCCc1cscn1)C(=O)O. The molecule has 6 nitrogen and oxygen atoms in total. The largest absolute Gasteiger partial charge is 0.480 e. The number of carboxylic acid groups (broad SMARTS) is 1. The third-order valence-corrected chi connectivity index (χ3v) is 3.55. The molecule has 0 radical (unpaired) electrons. The maximum Gasteiger partial charge on any atom is 0.326 e. The summed E-state index contributed by atoms with van der Waals surface area (Å²) >= 11 is 1.50. The molecule has 0 aliphatic carbocycles. The summed E-state index contributed by atoms with van der Waals surface area (Å²) in [6.45, 7) is 4.12. The minimum absolute atomic E-state index is 0.109. The summed E-state index contributed by atoms with van der Waals surface area (Å²) in [5, 5.41) is 16.1. The number of carboxylic acids is 1. The van der Waals surface area contributed by atoms with E-state index in [1.54, 1.807) is 12.4 Å². The smallest absolute Gasteiger partial charge is 0.326 e. The first kappa shape index (κ1) is 15.4. The van der Waals surface area contributed by atoms with Gasteiger partial charge in [0.25, 0.3) is 0 Å². The average Bonchev–Trinajstić information content (AvgIpc) is 2.87. The van der Waals surface area contributed by atoms with E-state index in [-0.39, 0.29) is 5.92 Å². The van der Waals surface area contributed by atoms with Crippen LogP contribution >= 0.6 is 11.3 Å². The molecular formula is C12H19N3O3S. The number of hydrogen-bond acceptors (Lipinski definition) is 4. The molecule has 1 aromatic rings. The summed E-state index contributed by atoms with van der Waals surface area (Å²) < 4.78 is 0. The van der Waals surface area contributed by atoms with Gasteiger partial charge in [-0.15, -0.1) is 11.3 Å². The Hall–Kier alpha value is -1.63. The van der Waals surface area contributed by atoms with Crippen LogP contribution < -0.4 is 10.6 Å². The zero-order valence-electron chi connectivity index (χ0n) is 11.0. The maximum atomic E-state index is 11.6. The van der Waals surface area contributed by atoms with E-state index in [2.05, 4.69) is 15.6 Å². The van der Waals surface area contributed by atoms with Gasteiger partial charge in [-0.1, -0.05) is 20.3 Å². The van der Waals surface area contributed by atoms with Gasteiger partial charge in [-0.3, -0.25) is 0 Å². The first-order chi connectivity index (χ1) is 9.04. The van der Waals surface area contributed by atoms with Crippen LogP contribution in [0.5, 0.6) is 0 Å². The molecule has 2 atom stereocenters. The second-order valence-electron chi connectivity index (χ2n) is 4.33. The first-order valence-electron chi connectivity index (χ1n) is 6.18. The minimum Gasteiger partial charge on any atom is -0.480 e. The number of rotatable bonds is 7. The molecule has 0 aliphatic rings. The number of aliphatic carboxylic acids is 1. The lowest BCUT2D eigenvalue weighted by molar-refractivity contribution is -0.140. The van der Waals surface area contributed by atoms with Gasteiger partial charge in [0.2, 0.25) is 0 Å². The predicted molar refractivity (Wildman–Crippen MR) is 73.2 cm³/mol. The van der Waals surface area contributed by atoms with Crippen molar-refractivity contribution in [1.29, 1.82) is 0 Å². The van der Waals surface area contributed by atoms with Crippen molar-refractivity contribution in [2.45, 2.75) is 32.7 Å². The molecule has 0 bridgehead atoms. The highest BCUT2D eigenvalue weighted by molar-refractivity contribution is 7.07.